The minimum Gasteiger partial charge on any atom is -0.326 e. The fourth-order valence-electron chi connectivity index (χ4n) is 3.06. The molecule has 0 bridgehead atoms. The molecular formula is C13H29N3O. The standard InChI is InChI=1S/C13H29N3O/c1-12(2)9-10(7-8-15(5)6)11(14)13(3,4)16(12)17/h10-11,17H,7-9,14H2,1-6H3. The quantitative estimate of drug-likeness (QED) is 0.789. The maximum absolute atomic E-state index is 10.3. The Morgan fingerprint density at radius 1 is 1.29 bits per heavy atom. The highest BCUT2D eigenvalue weighted by Crippen LogP contribution is 2.40. The SMILES string of the molecule is CN(C)CCC1CC(C)(C)N(O)C(C)(C)C1N. The van der Waals surface area contributed by atoms with Gasteiger partial charge in [0.25, 0.3) is 0 Å². The highest BCUT2D eigenvalue weighted by Gasteiger charge is 2.49. The van der Waals surface area contributed by atoms with Crippen molar-refractivity contribution in [3.05, 3.63) is 0 Å². The molecule has 1 rings (SSSR count). The molecule has 1 heterocycles. The Bertz CT molecular complexity index is 263. The van der Waals surface area contributed by atoms with Crippen molar-refractivity contribution >= 4 is 0 Å². The van der Waals surface area contributed by atoms with E-state index in [0.717, 1.165) is 19.4 Å². The summed E-state index contributed by atoms with van der Waals surface area (Å²) in [7, 11) is 4.17. The summed E-state index contributed by atoms with van der Waals surface area (Å²) in [5, 5.41) is 11.7. The molecule has 0 radical (unpaired) electrons. The van der Waals surface area contributed by atoms with Crippen molar-refractivity contribution < 1.29 is 5.21 Å². The number of nitrogens with two attached hydrogens (primary N) is 1. The van der Waals surface area contributed by atoms with E-state index in [4.69, 9.17) is 5.73 Å². The van der Waals surface area contributed by atoms with Gasteiger partial charge in [0, 0.05) is 11.6 Å². The molecule has 3 N–H and O–H groups in total. The van der Waals surface area contributed by atoms with Gasteiger partial charge in [-0.05, 0) is 67.1 Å². The van der Waals surface area contributed by atoms with E-state index >= 15 is 0 Å². The Labute approximate surface area is 106 Å². The third-order valence-electron chi connectivity index (χ3n) is 4.15. The summed E-state index contributed by atoms with van der Waals surface area (Å²) in [4.78, 5) is 2.19. The maximum atomic E-state index is 10.3. The highest BCUT2D eigenvalue weighted by molar-refractivity contribution is 5.03. The third-order valence-corrected chi connectivity index (χ3v) is 4.15. The second-order valence-electron chi connectivity index (χ2n) is 6.86. The largest absolute Gasteiger partial charge is 0.326 e. The van der Waals surface area contributed by atoms with Crippen LogP contribution in [-0.2, 0) is 0 Å². The first kappa shape index (κ1) is 14.9. The smallest absolute Gasteiger partial charge is 0.0563 e. The first-order valence-corrected chi connectivity index (χ1v) is 6.48. The Balaban J connectivity index is 2.80. The van der Waals surface area contributed by atoms with Crippen LogP contribution >= 0.6 is 0 Å². The third kappa shape index (κ3) is 2.99. The average Bonchev–Trinajstić information content (AvgIpc) is 2.20. The Hall–Kier alpha value is -0.160. The van der Waals surface area contributed by atoms with Crippen molar-refractivity contribution in [3.8, 4) is 0 Å². The van der Waals surface area contributed by atoms with E-state index in [1.165, 1.54) is 5.06 Å². The lowest BCUT2D eigenvalue weighted by Crippen LogP contribution is -2.68. The average molecular weight is 243 g/mol. The van der Waals surface area contributed by atoms with Crippen molar-refractivity contribution in [2.24, 2.45) is 11.7 Å². The summed E-state index contributed by atoms with van der Waals surface area (Å²) < 4.78 is 0. The van der Waals surface area contributed by atoms with Crippen molar-refractivity contribution in [1.29, 1.82) is 0 Å². The van der Waals surface area contributed by atoms with Gasteiger partial charge in [0.2, 0.25) is 0 Å². The monoisotopic (exact) mass is 243 g/mol. The lowest BCUT2D eigenvalue weighted by molar-refractivity contribution is -0.257. The molecular weight excluding hydrogens is 214 g/mol. The summed E-state index contributed by atoms with van der Waals surface area (Å²) in [5.41, 5.74) is 5.77. The number of nitrogens with zero attached hydrogens (tertiary/aromatic N) is 2. The molecule has 1 saturated heterocycles. The molecule has 4 nitrogen and oxygen atoms in total. The second kappa shape index (κ2) is 4.84. The first-order valence-electron chi connectivity index (χ1n) is 6.48. The van der Waals surface area contributed by atoms with E-state index in [1.807, 2.05) is 13.8 Å². The molecule has 1 aliphatic heterocycles. The molecule has 4 heteroatoms. The van der Waals surface area contributed by atoms with Crippen LogP contribution in [0.1, 0.15) is 40.5 Å². The number of hydrogen-bond acceptors (Lipinski definition) is 4. The number of piperidine rings is 1. The predicted molar refractivity (Wildman–Crippen MR) is 71.0 cm³/mol. The van der Waals surface area contributed by atoms with Crippen LogP contribution in [0.2, 0.25) is 0 Å². The highest BCUT2D eigenvalue weighted by atomic mass is 16.5. The van der Waals surface area contributed by atoms with Crippen LogP contribution in [0.15, 0.2) is 0 Å². The van der Waals surface area contributed by atoms with Gasteiger partial charge in [0.1, 0.15) is 0 Å². The Kier molecular flexibility index (Phi) is 4.24. The molecule has 0 aromatic heterocycles. The summed E-state index contributed by atoms with van der Waals surface area (Å²) in [6.45, 7) is 9.28. The Morgan fingerprint density at radius 2 is 1.82 bits per heavy atom. The van der Waals surface area contributed by atoms with Gasteiger partial charge in [-0.2, -0.15) is 5.06 Å². The zero-order chi connectivity index (χ0) is 13.4. The maximum Gasteiger partial charge on any atom is 0.0563 e. The van der Waals surface area contributed by atoms with E-state index in [2.05, 4.69) is 32.8 Å². The molecule has 0 amide bonds. The molecule has 102 valence electrons. The van der Waals surface area contributed by atoms with Gasteiger partial charge in [-0.25, -0.2) is 0 Å². The van der Waals surface area contributed by atoms with Crippen LogP contribution in [0.3, 0.4) is 0 Å². The number of hydroxylamine groups is 2. The molecule has 2 unspecified atom stereocenters. The molecule has 0 aromatic rings. The van der Waals surface area contributed by atoms with E-state index in [1.54, 1.807) is 0 Å². The summed E-state index contributed by atoms with van der Waals surface area (Å²) in [6.07, 6.45) is 2.04. The summed E-state index contributed by atoms with van der Waals surface area (Å²) in [6, 6.07) is 0.0143. The molecule has 0 aromatic carbocycles. The predicted octanol–water partition coefficient (Wildman–Crippen LogP) is 1.53. The molecule has 17 heavy (non-hydrogen) atoms. The van der Waals surface area contributed by atoms with Gasteiger partial charge < -0.3 is 15.8 Å². The van der Waals surface area contributed by atoms with Crippen molar-refractivity contribution in [2.45, 2.75) is 57.7 Å². The van der Waals surface area contributed by atoms with Crippen LogP contribution in [0.4, 0.5) is 0 Å². The normalized spacial score (nSPS) is 33.0. The number of hydrogen-bond donors (Lipinski definition) is 2. The van der Waals surface area contributed by atoms with Crippen LogP contribution in [-0.4, -0.2) is 52.9 Å². The van der Waals surface area contributed by atoms with E-state index in [-0.39, 0.29) is 17.1 Å². The molecule has 0 aliphatic carbocycles. The molecule has 0 spiro atoms. The fourth-order valence-corrected chi connectivity index (χ4v) is 3.06. The van der Waals surface area contributed by atoms with Gasteiger partial charge in [-0.15, -0.1) is 0 Å². The number of rotatable bonds is 3. The van der Waals surface area contributed by atoms with Crippen molar-refractivity contribution in [2.75, 3.05) is 20.6 Å². The lowest BCUT2D eigenvalue weighted by atomic mass is 9.70. The topological polar surface area (TPSA) is 52.7 Å². The molecule has 1 fully saturated rings. The summed E-state index contributed by atoms with van der Waals surface area (Å²) in [5.74, 6) is 0.464. The zero-order valence-corrected chi connectivity index (χ0v) is 12.2. The van der Waals surface area contributed by atoms with E-state index in [9.17, 15) is 5.21 Å². The van der Waals surface area contributed by atoms with Gasteiger partial charge in [0.15, 0.2) is 0 Å². The minimum absolute atomic E-state index is 0.0143. The first-order chi connectivity index (χ1) is 7.59. The van der Waals surface area contributed by atoms with E-state index < -0.39 is 0 Å². The molecule has 0 saturated carbocycles. The lowest BCUT2D eigenvalue weighted by Gasteiger charge is -2.55. The molecule has 1 aliphatic rings. The van der Waals surface area contributed by atoms with Crippen LogP contribution in [0.25, 0.3) is 0 Å². The summed E-state index contributed by atoms with van der Waals surface area (Å²) >= 11 is 0. The minimum atomic E-state index is -0.362. The fraction of sp³-hybridized carbons (Fsp3) is 1.00. The zero-order valence-electron chi connectivity index (χ0n) is 12.2. The van der Waals surface area contributed by atoms with Gasteiger partial charge >= 0.3 is 0 Å². The van der Waals surface area contributed by atoms with Crippen molar-refractivity contribution in [1.82, 2.24) is 9.96 Å². The Morgan fingerprint density at radius 3 is 2.29 bits per heavy atom. The van der Waals surface area contributed by atoms with Crippen LogP contribution in [0.5, 0.6) is 0 Å². The van der Waals surface area contributed by atoms with Crippen LogP contribution < -0.4 is 5.73 Å². The van der Waals surface area contributed by atoms with Crippen molar-refractivity contribution in [3.63, 3.8) is 0 Å². The molecule has 2 atom stereocenters. The van der Waals surface area contributed by atoms with E-state index in [0.29, 0.717) is 5.92 Å². The van der Waals surface area contributed by atoms with Gasteiger partial charge in [-0.1, -0.05) is 0 Å². The second-order valence-corrected chi connectivity index (χ2v) is 6.86. The van der Waals surface area contributed by atoms with Gasteiger partial charge in [0.05, 0.1) is 5.54 Å². The van der Waals surface area contributed by atoms with Crippen LogP contribution in [0, 0.1) is 5.92 Å². The van der Waals surface area contributed by atoms with Gasteiger partial charge in [-0.3, -0.25) is 0 Å².